The van der Waals surface area contributed by atoms with E-state index in [1.165, 1.54) is 62.7 Å². The fourth-order valence-corrected chi connectivity index (χ4v) is 16.9. The molecule has 0 radical (unpaired) electrons. The quantitative estimate of drug-likeness (QED) is 0.117. The Bertz CT molecular complexity index is 487. The van der Waals surface area contributed by atoms with Crippen LogP contribution in [0.25, 0.3) is 0 Å². The molecule has 38 heavy (non-hydrogen) atoms. The first-order valence-corrected chi connectivity index (χ1v) is 18.1. The molecule has 0 N–H and O–H groups in total. The third-order valence-electron chi connectivity index (χ3n) is 9.33. The van der Waals surface area contributed by atoms with Crippen molar-refractivity contribution in [1.82, 2.24) is 0 Å². The fourth-order valence-electron chi connectivity index (χ4n) is 7.62. The maximum absolute atomic E-state index is 2.52. The van der Waals surface area contributed by atoms with Gasteiger partial charge in [0.05, 0.1) is 34.0 Å². The molecular formula is C34H68FeP2Rh+3. The molecule has 0 unspecified atom stereocenters. The van der Waals surface area contributed by atoms with Gasteiger partial charge >= 0.3 is 36.5 Å². The van der Waals surface area contributed by atoms with Gasteiger partial charge in [-0.25, -0.2) is 0 Å². The van der Waals surface area contributed by atoms with Crippen molar-refractivity contribution in [2.45, 2.75) is 164 Å². The summed E-state index contributed by atoms with van der Waals surface area (Å²) in [5.41, 5.74) is 6.95. The Morgan fingerprint density at radius 2 is 0.632 bits per heavy atom. The fraction of sp³-hybridized carbons (Fsp3) is 0.765. The largest absolute Gasteiger partial charge is 3.00 e. The molecule has 228 valence electrons. The van der Waals surface area contributed by atoms with Gasteiger partial charge in [0.2, 0.25) is 0 Å². The van der Waals surface area contributed by atoms with E-state index in [9.17, 15) is 0 Å². The molecule has 4 fully saturated rings. The molecular weight excluding hydrogens is 629 g/mol. The van der Waals surface area contributed by atoms with Gasteiger partial charge in [0.25, 0.3) is 0 Å². The van der Waals surface area contributed by atoms with E-state index in [1.54, 1.807) is 51.4 Å². The molecule has 0 aromatic carbocycles. The van der Waals surface area contributed by atoms with Crippen molar-refractivity contribution in [3.8, 4) is 0 Å². The van der Waals surface area contributed by atoms with E-state index in [4.69, 9.17) is 0 Å². The Kier molecular flexibility index (Phi) is 31.9. The molecule has 0 spiro atoms. The van der Waals surface area contributed by atoms with E-state index in [-0.39, 0.29) is 82.1 Å². The summed E-state index contributed by atoms with van der Waals surface area (Å²) in [4.78, 5) is 0. The minimum absolute atomic E-state index is 0. The van der Waals surface area contributed by atoms with Crippen molar-refractivity contribution in [2.75, 3.05) is 0 Å². The number of hydrogen-bond acceptors (Lipinski definition) is 0. The number of rotatable bonds is 2. The van der Waals surface area contributed by atoms with Crippen molar-refractivity contribution in [3.63, 3.8) is 0 Å². The van der Waals surface area contributed by atoms with Gasteiger partial charge in [0.1, 0.15) is 0 Å². The summed E-state index contributed by atoms with van der Waals surface area (Å²) in [5.74, 6) is 0. The Balaban J connectivity index is -0.000000215. The summed E-state index contributed by atoms with van der Waals surface area (Å²) in [6.07, 6.45) is 32.7. The summed E-state index contributed by atoms with van der Waals surface area (Å²) >= 11 is 0. The predicted octanol–water partition coefficient (Wildman–Crippen LogP) is 11.9. The Morgan fingerprint density at radius 1 is 0.421 bits per heavy atom. The topological polar surface area (TPSA) is 0 Å². The second-order valence-electron chi connectivity index (χ2n) is 11.8. The molecule has 0 bridgehead atoms. The zero-order valence-corrected chi connectivity index (χ0v) is 31.5. The molecule has 0 aromatic rings. The first-order chi connectivity index (χ1) is 15.6. The summed E-state index contributed by atoms with van der Waals surface area (Å²) < 4.78 is 0. The van der Waals surface area contributed by atoms with Gasteiger partial charge in [-0.15, -0.1) is 0 Å². The second kappa shape index (κ2) is 26.1. The standard InChI is InChI=1S/2C11H21P.C8H12.4CH3.Fe.Rh/c2*1-9-7-8-10(2)12(9)11-5-3-4-6-11;1-2-4-6-8-7-5-3-1;;;;;;/h2*9-11H,3-8H2,1-2H3;1-2,7-8H,3-6H2;4*1H3;;/q;;;4*-1;+2;+3/p+2/b;;2-1-,8-7-;;;;;;/t2*9-,10-;;;;;;;/m11......./s1. The zero-order valence-electron chi connectivity index (χ0n) is 26.8. The van der Waals surface area contributed by atoms with Gasteiger partial charge in [0.15, 0.2) is 0 Å². The Hall–Kier alpha value is 1.48. The van der Waals surface area contributed by atoms with Crippen molar-refractivity contribution < 1.29 is 36.5 Å². The van der Waals surface area contributed by atoms with Crippen molar-refractivity contribution in [1.29, 1.82) is 0 Å². The second-order valence-corrected chi connectivity index (χ2v) is 19.4. The molecule has 2 saturated carbocycles. The van der Waals surface area contributed by atoms with Crippen LogP contribution in [-0.2, 0) is 36.5 Å². The van der Waals surface area contributed by atoms with Gasteiger partial charge in [-0.2, -0.15) is 0 Å². The molecule has 2 aliphatic heterocycles. The molecule has 3 aliphatic carbocycles. The normalized spacial score (nSPS) is 30.8. The molecule has 5 rings (SSSR count). The van der Waals surface area contributed by atoms with Crippen LogP contribution in [0.15, 0.2) is 24.3 Å². The van der Waals surface area contributed by atoms with E-state index in [0.29, 0.717) is 0 Å². The van der Waals surface area contributed by atoms with Crippen LogP contribution in [0.4, 0.5) is 0 Å². The molecule has 0 aromatic heterocycles. The van der Waals surface area contributed by atoms with Gasteiger partial charge in [-0.05, 0) is 130 Å². The van der Waals surface area contributed by atoms with Gasteiger partial charge in [-0.1, -0.05) is 24.3 Å². The van der Waals surface area contributed by atoms with E-state index in [2.05, 4.69) is 52.0 Å². The smallest absolute Gasteiger partial charge is 0.358 e. The summed E-state index contributed by atoms with van der Waals surface area (Å²) in [6.45, 7) is 10.1. The van der Waals surface area contributed by atoms with Crippen LogP contribution in [0.2, 0.25) is 0 Å². The minimum atomic E-state index is 0. The third-order valence-corrected chi connectivity index (χ3v) is 18.1. The van der Waals surface area contributed by atoms with Crippen molar-refractivity contribution in [3.05, 3.63) is 54.0 Å². The summed E-state index contributed by atoms with van der Waals surface area (Å²) in [6, 6.07) is 0. The molecule has 4 heteroatoms. The van der Waals surface area contributed by atoms with E-state index in [1.807, 2.05) is 0 Å². The van der Waals surface area contributed by atoms with Crippen LogP contribution in [-0.4, -0.2) is 34.0 Å². The van der Waals surface area contributed by atoms with E-state index in [0.717, 1.165) is 22.6 Å². The van der Waals surface area contributed by atoms with Crippen LogP contribution < -0.4 is 0 Å². The average Bonchev–Trinajstić information content (AvgIpc) is 3.53. The maximum Gasteiger partial charge on any atom is 3.00 e. The van der Waals surface area contributed by atoms with Crippen LogP contribution in [0.3, 0.4) is 0 Å². The molecule has 0 nitrogen and oxygen atoms in total. The zero-order chi connectivity index (χ0) is 22.8. The molecule has 5 aliphatic rings. The molecule has 2 heterocycles. The number of hydrogen-bond donors (Lipinski definition) is 0. The molecule has 0 amide bonds. The van der Waals surface area contributed by atoms with E-state index >= 15 is 0 Å². The third kappa shape index (κ3) is 15.1. The monoisotopic (exact) mass is 697 g/mol. The first-order valence-electron chi connectivity index (χ1n) is 14.6. The average molecular weight is 698 g/mol. The first kappa shape index (κ1) is 46.4. The van der Waals surface area contributed by atoms with Crippen molar-refractivity contribution >= 4 is 15.8 Å². The predicted molar refractivity (Wildman–Crippen MR) is 180 cm³/mol. The van der Waals surface area contributed by atoms with Crippen LogP contribution >= 0.6 is 15.8 Å². The van der Waals surface area contributed by atoms with Gasteiger partial charge in [-0.3, -0.25) is 0 Å². The Labute approximate surface area is 269 Å². The van der Waals surface area contributed by atoms with E-state index < -0.39 is 0 Å². The van der Waals surface area contributed by atoms with Crippen molar-refractivity contribution in [2.24, 2.45) is 0 Å². The summed E-state index contributed by atoms with van der Waals surface area (Å²) in [5, 5.41) is 0. The number of allylic oxidation sites excluding steroid dienone is 4. The Morgan fingerprint density at radius 3 is 0.842 bits per heavy atom. The molecule has 2 saturated heterocycles. The molecule has 4 atom stereocenters. The van der Waals surface area contributed by atoms with Gasteiger partial charge < -0.3 is 29.7 Å². The summed E-state index contributed by atoms with van der Waals surface area (Å²) in [7, 11) is 0.110. The minimum Gasteiger partial charge on any atom is -0.358 e. The maximum atomic E-state index is 2.52. The van der Waals surface area contributed by atoms with Gasteiger partial charge in [0, 0.05) is 15.8 Å². The van der Waals surface area contributed by atoms with Crippen LogP contribution in [0.5, 0.6) is 0 Å². The van der Waals surface area contributed by atoms with Crippen LogP contribution in [0.1, 0.15) is 130 Å². The van der Waals surface area contributed by atoms with Crippen LogP contribution in [0, 0.1) is 29.7 Å². The SMILES string of the molecule is C1=C\CC/C=C\CC/1.C[C@@H]1CC[C@@H](C)[PH+]1C1CCCC1.C[C@@H]1CC[C@@H](C)[PH+]1C1CCCC1.[CH3-].[CH3-].[CH3-].[CH3-].[Fe+2].[Rh+3].